The zero-order valence-electron chi connectivity index (χ0n) is 23.9. The number of carboxylic acids is 1. The Hall–Kier alpha value is -3.28. The van der Waals surface area contributed by atoms with Crippen molar-refractivity contribution >= 4 is 16.0 Å². The average molecular weight is 571 g/mol. The fourth-order valence-electron chi connectivity index (χ4n) is 4.77. The number of aromatic nitrogens is 3. The predicted molar refractivity (Wildman–Crippen MR) is 149 cm³/mol. The van der Waals surface area contributed by atoms with E-state index in [1.54, 1.807) is 49.0 Å². The first-order chi connectivity index (χ1) is 18.8. The minimum Gasteiger partial charge on any atom is -0.488 e. The zero-order valence-corrected chi connectivity index (χ0v) is 24.7. The van der Waals surface area contributed by atoms with Crippen molar-refractivity contribution in [1.82, 2.24) is 19.3 Å². The van der Waals surface area contributed by atoms with Gasteiger partial charge < -0.3 is 14.6 Å². The van der Waals surface area contributed by atoms with E-state index in [0.717, 1.165) is 11.1 Å². The second kappa shape index (κ2) is 11.7. The van der Waals surface area contributed by atoms with Crippen molar-refractivity contribution in [2.75, 3.05) is 6.54 Å². The molecule has 40 heavy (non-hydrogen) atoms. The molecule has 3 aromatic rings. The number of sulfonamides is 1. The molecular formula is C29H38N4O6S. The Morgan fingerprint density at radius 1 is 1.23 bits per heavy atom. The van der Waals surface area contributed by atoms with Crippen LogP contribution in [0.15, 0.2) is 53.6 Å². The van der Waals surface area contributed by atoms with Crippen molar-refractivity contribution in [2.24, 2.45) is 11.3 Å². The zero-order chi connectivity index (χ0) is 29.2. The standard InChI is InChI=1S/C29H38N4O6S/c1-19(2)14-32-17-24(30-31-32)18-38-27(29(5,6)28(34)35)22-12-11-20(3)23(13-22)16-33-15-21(4)39-25-9-7-8-10-26(25)40(33,36)37/h7-13,17,19,21,27H,14-16,18H2,1-6H3,(H,34,35)/t21-,27+/m1/s1. The van der Waals surface area contributed by atoms with E-state index < -0.39 is 27.5 Å². The van der Waals surface area contributed by atoms with Crippen LogP contribution in [0.3, 0.4) is 0 Å². The van der Waals surface area contributed by atoms with Gasteiger partial charge in [0.15, 0.2) is 0 Å². The third-order valence-electron chi connectivity index (χ3n) is 7.02. The lowest BCUT2D eigenvalue weighted by Gasteiger charge is -2.31. The molecule has 1 aliphatic rings. The second-order valence-electron chi connectivity index (χ2n) is 11.4. The van der Waals surface area contributed by atoms with Gasteiger partial charge in [-0.25, -0.2) is 8.42 Å². The smallest absolute Gasteiger partial charge is 0.312 e. The summed E-state index contributed by atoms with van der Waals surface area (Å²) < 4.78 is 42.5. The van der Waals surface area contributed by atoms with Crippen molar-refractivity contribution < 1.29 is 27.8 Å². The molecule has 0 bridgehead atoms. The van der Waals surface area contributed by atoms with Gasteiger partial charge in [0.25, 0.3) is 0 Å². The number of nitrogens with zero attached hydrogens (tertiary/aromatic N) is 4. The highest BCUT2D eigenvalue weighted by atomic mass is 32.2. The molecule has 0 spiro atoms. The van der Waals surface area contributed by atoms with E-state index in [9.17, 15) is 18.3 Å². The number of fused-ring (bicyclic) bond motifs is 1. The lowest BCUT2D eigenvalue weighted by molar-refractivity contribution is -0.158. The van der Waals surface area contributed by atoms with E-state index in [1.165, 1.54) is 4.31 Å². The van der Waals surface area contributed by atoms with Gasteiger partial charge in [0.05, 0.1) is 30.9 Å². The highest BCUT2D eigenvalue weighted by Crippen LogP contribution is 2.39. The third kappa shape index (κ3) is 6.37. The van der Waals surface area contributed by atoms with Crippen LogP contribution >= 0.6 is 0 Å². The number of hydrogen-bond donors (Lipinski definition) is 1. The third-order valence-corrected chi connectivity index (χ3v) is 8.87. The number of carbonyl (C=O) groups is 1. The molecule has 2 atom stereocenters. The summed E-state index contributed by atoms with van der Waals surface area (Å²) in [6.45, 7) is 12.2. The molecule has 0 unspecified atom stereocenters. The van der Waals surface area contributed by atoms with Crippen LogP contribution in [0.2, 0.25) is 0 Å². The van der Waals surface area contributed by atoms with E-state index in [1.807, 2.05) is 32.0 Å². The van der Waals surface area contributed by atoms with E-state index in [0.29, 0.717) is 29.5 Å². The SMILES string of the molecule is Cc1ccc([C@H](OCc2cn(CC(C)C)nn2)C(C)(C)C(=O)O)cc1CN1C[C@@H](C)Oc2ccccc2S1(=O)=O. The number of aryl methyl sites for hydroxylation is 1. The van der Waals surface area contributed by atoms with Gasteiger partial charge in [-0.3, -0.25) is 9.48 Å². The molecule has 2 heterocycles. The van der Waals surface area contributed by atoms with Crippen molar-refractivity contribution in [2.45, 2.75) is 78.3 Å². The first-order valence-electron chi connectivity index (χ1n) is 13.4. The van der Waals surface area contributed by atoms with Crippen LogP contribution in [0.4, 0.5) is 0 Å². The van der Waals surface area contributed by atoms with Gasteiger partial charge in [-0.1, -0.05) is 49.4 Å². The van der Waals surface area contributed by atoms with Crippen LogP contribution in [0.5, 0.6) is 5.75 Å². The Balaban J connectivity index is 1.64. The number of carboxylic acid groups (broad SMARTS) is 1. The van der Waals surface area contributed by atoms with Crippen LogP contribution in [0, 0.1) is 18.3 Å². The van der Waals surface area contributed by atoms with Gasteiger partial charge in [-0.15, -0.1) is 5.10 Å². The summed E-state index contributed by atoms with van der Waals surface area (Å²) in [4.78, 5) is 12.4. The average Bonchev–Trinajstić information content (AvgIpc) is 3.28. The van der Waals surface area contributed by atoms with Gasteiger partial charge in [0.1, 0.15) is 22.4 Å². The van der Waals surface area contributed by atoms with Crippen molar-refractivity contribution in [3.8, 4) is 5.75 Å². The maximum atomic E-state index is 13.6. The molecule has 4 rings (SSSR count). The Kier molecular flexibility index (Phi) is 8.67. The highest BCUT2D eigenvalue weighted by Gasteiger charge is 2.40. The van der Waals surface area contributed by atoms with E-state index in [-0.39, 0.29) is 30.7 Å². The molecule has 2 aromatic carbocycles. The number of rotatable bonds is 10. The number of aliphatic carboxylic acids is 1. The largest absolute Gasteiger partial charge is 0.488 e. The fraction of sp³-hybridized carbons (Fsp3) is 0.483. The summed E-state index contributed by atoms with van der Waals surface area (Å²) in [6.07, 6.45) is 0.618. The van der Waals surface area contributed by atoms with Crippen molar-refractivity contribution in [3.05, 3.63) is 71.0 Å². The number of para-hydroxylation sites is 1. The minimum absolute atomic E-state index is 0.0782. The number of ether oxygens (including phenoxy) is 2. The maximum absolute atomic E-state index is 13.6. The molecule has 10 nitrogen and oxygen atoms in total. The van der Waals surface area contributed by atoms with Gasteiger partial charge >= 0.3 is 5.97 Å². The quantitative estimate of drug-likeness (QED) is 0.376. The van der Waals surface area contributed by atoms with E-state index in [4.69, 9.17) is 9.47 Å². The molecule has 0 amide bonds. The monoisotopic (exact) mass is 570 g/mol. The summed E-state index contributed by atoms with van der Waals surface area (Å²) in [6, 6.07) is 12.2. The molecule has 1 aliphatic heterocycles. The van der Waals surface area contributed by atoms with Crippen LogP contribution in [0.1, 0.15) is 63.1 Å². The normalized spacial score (nSPS) is 18.1. The van der Waals surface area contributed by atoms with Gasteiger partial charge in [0, 0.05) is 13.1 Å². The first-order valence-corrected chi connectivity index (χ1v) is 14.8. The molecule has 1 N–H and O–H groups in total. The summed E-state index contributed by atoms with van der Waals surface area (Å²) in [5.41, 5.74) is 1.59. The lowest BCUT2D eigenvalue weighted by atomic mass is 9.81. The summed E-state index contributed by atoms with van der Waals surface area (Å²) in [5, 5.41) is 18.4. The van der Waals surface area contributed by atoms with Crippen LogP contribution in [-0.2, 0) is 39.3 Å². The first kappa shape index (κ1) is 29.7. The van der Waals surface area contributed by atoms with Gasteiger partial charge in [0.2, 0.25) is 10.0 Å². The molecule has 0 radical (unpaired) electrons. The summed E-state index contributed by atoms with van der Waals surface area (Å²) >= 11 is 0. The Morgan fingerprint density at radius 2 is 1.95 bits per heavy atom. The molecule has 216 valence electrons. The fourth-order valence-corrected chi connectivity index (χ4v) is 6.39. The molecular weight excluding hydrogens is 532 g/mol. The topological polar surface area (TPSA) is 124 Å². The Bertz CT molecular complexity index is 1470. The van der Waals surface area contributed by atoms with Crippen molar-refractivity contribution in [1.29, 1.82) is 0 Å². The predicted octanol–water partition coefficient (Wildman–Crippen LogP) is 4.58. The molecule has 1 aromatic heterocycles. The van der Waals surface area contributed by atoms with Crippen LogP contribution in [-0.4, -0.2) is 51.4 Å². The highest BCUT2D eigenvalue weighted by molar-refractivity contribution is 7.89. The molecule has 0 saturated heterocycles. The van der Waals surface area contributed by atoms with Crippen LogP contribution < -0.4 is 4.74 Å². The number of benzene rings is 2. The molecule has 0 aliphatic carbocycles. The lowest BCUT2D eigenvalue weighted by Crippen LogP contribution is -2.36. The van der Waals surface area contributed by atoms with Gasteiger partial charge in [-0.2, -0.15) is 4.31 Å². The second-order valence-corrected chi connectivity index (χ2v) is 13.3. The molecule has 11 heteroatoms. The van der Waals surface area contributed by atoms with Crippen molar-refractivity contribution in [3.63, 3.8) is 0 Å². The minimum atomic E-state index is -3.83. The number of hydrogen-bond acceptors (Lipinski definition) is 7. The molecule has 0 saturated carbocycles. The van der Waals surface area contributed by atoms with Gasteiger partial charge in [-0.05, 0) is 62.4 Å². The van der Waals surface area contributed by atoms with E-state index in [2.05, 4.69) is 24.2 Å². The summed E-state index contributed by atoms with van der Waals surface area (Å²) in [5.74, 6) is -0.276. The summed E-state index contributed by atoms with van der Waals surface area (Å²) in [7, 11) is -3.83. The van der Waals surface area contributed by atoms with Crippen LogP contribution in [0.25, 0.3) is 0 Å². The Morgan fingerprint density at radius 3 is 2.65 bits per heavy atom. The maximum Gasteiger partial charge on any atom is 0.312 e. The Labute approximate surface area is 236 Å². The molecule has 0 fully saturated rings. The van der Waals surface area contributed by atoms with E-state index >= 15 is 0 Å².